The Hall–Kier alpha value is -0.910. The van der Waals surface area contributed by atoms with Gasteiger partial charge in [0.2, 0.25) is 0 Å². The minimum Gasteiger partial charge on any atom is -0.331 e. The molecule has 0 aliphatic carbocycles. The van der Waals surface area contributed by atoms with E-state index in [1.54, 1.807) is 11.3 Å². The van der Waals surface area contributed by atoms with Gasteiger partial charge in [-0.2, -0.15) is 0 Å². The maximum atomic E-state index is 5.43. The second-order valence-electron chi connectivity index (χ2n) is 4.18. The number of nitrogens with one attached hydrogen (secondary N) is 1. The van der Waals surface area contributed by atoms with E-state index in [2.05, 4.69) is 56.0 Å². The number of benzene rings is 1. The van der Waals surface area contributed by atoms with Gasteiger partial charge >= 0.3 is 0 Å². The number of para-hydroxylation sites is 1. The second-order valence-corrected chi connectivity index (χ2v) is 6.42. The molecule has 3 rings (SSSR count). The molecular formula is C13H11BrN2S2. The highest BCUT2D eigenvalue weighted by Crippen LogP contribution is 2.26. The average Bonchev–Trinajstić information content (AvgIpc) is 2.86. The molecule has 1 N–H and O–H groups in total. The SMILES string of the molecule is Cc1cccc2[nH]c(=S)n(Cc3sccc3Br)c12. The van der Waals surface area contributed by atoms with E-state index in [-0.39, 0.29) is 0 Å². The molecule has 0 bridgehead atoms. The molecular weight excluding hydrogens is 328 g/mol. The summed E-state index contributed by atoms with van der Waals surface area (Å²) in [5.41, 5.74) is 3.54. The van der Waals surface area contributed by atoms with Crippen LogP contribution < -0.4 is 0 Å². The van der Waals surface area contributed by atoms with Crippen LogP contribution in [-0.4, -0.2) is 9.55 Å². The van der Waals surface area contributed by atoms with E-state index in [0.29, 0.717) is 0 Å². The maximum absolute atomic E-state index is 5.43. The van der Waals surface area contributed by atoms with Crippen molar-refractivity contribution in [3.8, 4) is 0 Å². The van der Waals surface area contributed by atoms with Crippen LogP contribution in [0.1, 0.15) is 10.4 Å². The van der Waals surface area contributed by atoms with Gasteiger partial charge in [0, 0.05) is 9.35 Å². The molecule has 2 aromatic heterocycles. The lowest BCUT2D eigenvalue weighted by Gasteiger charge is -2.05. The van der Waals surface area contributed by atoms with Crippen molar-refractivity contribution in [2.75, 3.05) is 0 Å². The Morgan fingerprint density at radius 3 is 2.94 bits per heavy atom. The van der Waals surface area contributed by atoms with Crippen molar-refractivity contribution in [2.45, 2.75) is 13.5 Å². The van der Waals surface area contributed by atoms with Crippen LogP contribution in [-0.2, 0) is 6.54 Å². The molecule has 2 heterocycles. The molecule has 0 radical (unpaired) electrons. The maximum Gasteiger partial charge on any atom is 0.178 e. The van der Waals surface area contributed by atoms with Crippen LogP contribution in [0.4, 0.5) is 0 Å². The number of halogens is 1. The first-order valence-electron chi connectivity index (χ1n) is 5.57. The molecule has 5 heteroatoms. The molecule has 92 valence electrons. The predicted octanol–water partition coefficient (Wildman–Crippen LogP) is 4.88. The highest BCUT2D eigenvalue weighted by Gasteiger charge is 2.09. The van der Waals surface area contributed by atoms with Crippen LogP contribution in [0, 0.1) is 11.7 Å². The first kappa shape index (κ1) is 12.1. The zero-order valence-corrected chi connectivity index (χ0v) is 13.0. The normalized spacial score (nSPS) is 11.2. The first-order chi connectivity index (χ1) is 8.66. The van der Waals surface area contributed by atoms with Crippen molar-refractivity contribution >= 4 is 50.5 Å². The number of thiophene rings is 1. The summed E-state index contributed by atoms with van der Waals surface area (Å²) in [6, 6.07) is 8.31. The van der Waals surface area contributed by atoms with Crippen molar-refractivity contribution in [1.82, 2.24) is 9.55 Å². The Morgan fingerprint density at radius 2 is 2.22 bits per heavy atom. The van der Waals surface area contributed by atoms with E-state index >= 15 is 0 Å². The molecule has 0 atom stereocenters. The average molecular weight is 339 g/mol. The van der Waals surface area contributed by atoms with Crippen molar-refractivity contribution in [3.05, 3.63) is 49.3 Å². The molecule has 3 aromatic rings. The van der Waals surface area contributed by atoms with Crippen molar-refractivity contribution in [3.63, 3.8) is 0 Å². The number of rotatable bonds is 2. The lowest BCUT2D eigenvalue weighted by Crippen LogP contribution is -1.99. The van der Waals surface area contributed by atoms with Gasteiger partial charge in [0.1, 0.15) is 0 Å². The smallest absolute Gasteiger partial charge is 0.178 e. The van der Waals surface area contributed by atoms with E-state index in [4.69, 9.17) is 12.2 Å². The summed E-state index contributed by atoms with van der Waals surface area (Å²) in [6.45, 7) is 2.92. The van der Waals surface area contributed by atoms with Crippen molar-refractivity contribution in [2.24, 2.45) is 0 Å². The van der Waals surface area contributed by atoms with E-state index < -0.39 is 0 Å². The topological polar surface area (TPSA) is 20.7 Å². The number of imidazole rings is 1. The third kappa shape index (κ3) is 1.96. The number of aromatic nitrogens is 2. The van der Waals surface area contributed by atoms with Gasteiger partial charge < -0.3 is 9.55 Å². The van der Waals surface area contributed by atoms with Crippen molar-refractivity contribution < 1.29 is 0 Å². The van der Waals surface area contributed by atoms with Crippen LogP contribution in [0.3, 0.4) is 0 Å². The van der Waals surface area contributed by atoms with Gasteiger partial charge in [0.15, 0.2) is 4.77 Å². The number of aromatic amines is 1. The van der Waals surface area contributed by atoms with Crippen LogP contribution in [0.5, 0.6) is 0 Å². The number of hydrogen-bond acceptors (Lipinski definition) is 2. The minimum absolute atomic E-state index is 0.777. The molecule has 2 nitrogen and oxygen atoms in total. The summed E-state index contributed by atoms with van der Waals surface area (Å²) in [6.07, 6.45) is 0. The van der Waals surface area contributed by atoms with Gasteiger partial charge in [0.25, 0.3) is 0 Å². The monoisotopic (exact) mass is 338 g/mol. The number of H-pyrrole nitrogens is 1. The number of nitrogens with zero attached hydrogens (tertiary/aromatic N) is 1. The molecule has 0 unspecified atom stereocenters. The van der Waals surface area contributed by atoms with Gasteiger partial charge in [-0.1, -0.05) is 12.1 Å². The Bertz CT molecular complexity index is 767. The molecule has 0 saturated heterocycles. The van der Waals surface area contributed by atoms with Crippen LogP contribution in [0.15, 0.2) is 34.1 Å². The number of fused-ring (bicyclic) bond motifs is 1. The first-order valence-corrected chi connectivity index (χ1v) is 7.65. The molecule has 0 spiro atoms. The fourth-order valence-corrected chi connectivity index (χ4v) is 3.87. The number of hydrogen-bond donors (Lipinski definition) is 1. The van der Waals surface area contributed by atoms with Gasteiger partial charge in [-0.3, -0.25) is 0 Å². The summed E-state index contributed by atoms with van der Waals surface area (Å²) in [7, 11) is 0. The summed E-state index contributed by atoms with van der Waals surface area (Å²) >= 11 is 10.7. The van der Waals surface area contributed by atoms with Crippen LogP contribution >= 0.6 is 39.5 Å². The summed E-state index contributed by atoms with van der Waals surface area (Å²) < 4.78 is 4.09. The van der Waals surface area contributed by atoms with Crippen LogP contribution in [0.25, 0.3) is 11.0 Å². The quantitative estimate of drug-likeness (QED) is 0.660. The molecule has 18 heavy (non-hydrogen) atoms. The van der Waals surface area contributed by atoms with Gasteiger partial charge in [-0.25, -0.2) is 0 Å². The largest absolute Gasteiger partial charge is 0.331 e. The van der Waals surface area contributed by atoms with Gasteiger partial charge in [0.05, 0.1) is 17.6 Å². The van der Waals surface area contributed by atoms with Gasteiger partial charge in [-0.15, -0.1) is 11.3 Å². The van der Waals surface area contributed by atoms with Crippen LogP contribution in [0.2, 0.25) is 0 Å². The van der Waals surface area contributed by atoms with Gasteiger partial charge in [-0.05, 0) is 58.1 Å². The summed E-state index contributed by atoms with van der Waals surface area (Å²) in [4.78, 5) is 4.55. The third-order valence-corrected chi connectivity index (χ3v) is 5.22. The number of aryl methyl sites for hydroxylation is 1. The predicted molar refractivity (Wildman–Crippen MR) is 83.0 cm³/mol. The minimum atomic E-state index is 0.777. The summed E-state index contributed by atoms with van der Waals surface area (Å²) in [5, 5.41) is 2.09. The molecule has 0 fully saturated rings. The standard InChI is InChI=1S/C13H11BrN2S2/c1-8-3-2-4-10-12(8)16(13(17)15-10)7-11-9(14)5-6-18-11/h2-6H,7H2,1H3,(H,15,17). The molecule has 1 aromatic carbocycles. The molecule has 0 saturated carbocycles. The van der Waals surface area contributed by atoms with E-state index in [9.17, 15) is 0 Å². The Morgan fingerprint density at radius 1 is 1.39 bits per heavy atom. The fraction of sp³-hybridized carbons (Fsp3) is 0.154. The Balaban J connectivity index is 2.20. The zero-order chi connectivity index (χ0) is 12.7. The highest BCUT2D eigenvalue weighted by atomic mass is 79.9. The highest BCUT2D eigenvalue weighted by molar-refractivity contribution is 9.10. The molecule has 0 aliphatic rings. The lowest BCUT2D eigenvalue weighted by atomic mass is 10.2. The van der Waals surface area contributed by atoms with E-state index in [1.165, 1.54) is 16.0 Å². The van der Waals surface area contributed by atoms with E-state index in [1.807, 2.05) is 6.07 Å². The zero-order valence-electron chi connectivity index (χ0n) is 9.74. The Labute approximate surface area is 122 Å². The molecule has 0 amide bonds. The Kier molecular flexibility index (Phi) is 3.13. The fourth-order valence-electron chi connectivity index (χ4n) is 2.13. The third-order valence-electron chi connectivity index (χ3n) is 2.99. The van der Waals surface area contributed by atoms with E-state index in [0.717, 1.165) is 21.3 Å². The molecule has 0 aliphatic heterocycles. The second kappa shape index (κ2) is 4.64. The van der Waals surface area contributed by atoms with Crippen molar-refractivity contribution in [1.29, 1.82) is 0 Å². The lowest BCUT2D eigenvalue weighted by molar-refractivity contribution is 0.818. The summed E-state index contributed by atoms with van der Waals surface area (Å²) in [5.74, 6) is 0.